The number of carboxylic acids is 1. The second-order valence-electron chi connectivity index (χ2n) is 4.67. The van der Waals surface area contributed by atoms with E-state index < -0.39 is 5.97 Å². The van der Waals surface area contributed by atoms with E-state index in [9.17, 15) is 14.7 Å². The number of benzene rings is 2. The Morgan fingerprint density at radius 1 is 1.15 bits per heavy atom. The quantitative estimate of drug-likeness (QED) is 0.839. The van der Waals surface area contributed by atoms with Gasteiger partial charge in [0, 0.05) is 5.56 Å². The number of carbonyl (C=O) groups excluding carboxylic acids is 1. The van der Waals surface area contributed by atoms with Crippen molar-refractivity contribution in [3.05, 3.63) is 59.2 Å². The van der Waals surface area contributed by atoms with Crippen molar-refractivity contribution >= 4 is 12.3 Å². The number of aldehydes is 1. The summed E-state index contributed by atoms with van der Waals surface area (Å²) in [5, 5.41) is 9.24. The summed E-state index contributed by atoms with van der Waals surface area (Å²) in [5.41, 5.74) is 3.29. The molecule has 3 heteroatoms. The van der Waals surface area contributed by atoms with Gasteiger partial charge in [0.2, 0.25) is 0 Å². The minimum atomic E-state index is -0.991. The van der Waals surface area contributed by atoms with Gasteiger partial charge in [0.25, 0.3) is 0 Å². The second-order valence-corrected chi connectivity index (χ2v) is 4.67. The highest BCUT2D eigenvalue weighted by Crippen LogP contribution is 2.25. The Hall–Kier alpha value is -2.42. The molecule has 0 aliphatic carbocycles. The van der Waals surface area contributed by atoms with E-state index >= 15 is 0 Å². The van der Waals surface area contributed by atoms with Gasteiger partial charge in [-0.2, -0.15) is 0 Å². The van der Waals surface area contributed by atoms with Gasteiger partial charge in [-0.1, -0.05) is 43.7 Å². The van der Waals surface area contributed by atoms with Crippen LogP contribution >= 0.6 is 0 Å². The van der Waals surface area contributed by atoms with Gasteiger partial charge in [-0.05, 0) is 35.2 Å². The third-order valence-electron chi connectivity index (χ3n) is 3.21. The van der Waals surface area contributed by atoms with Crippen LogP contribution in [-0.4, -0.2) is 17.4 Å². The first-order valence-corrected chi connectivity index (χ1v) is 6.57. The molecule has 0 saturated heterocycles. The minimum absolute atomic E-state index is 0.207. The molecule has 0 spiro atoms. The lowest BCUT2D eigenvalue weighted by molar-refractivity contribution is 0.0697. The fourth-order valence-electron chi connectivity index (χ4n) is 2.20. The van der Waals surface area contributed by atoms with Crippen molar-refractivity contribution in [1.82, 2.24) is 0 Å². The number of carbonyl (C=O) groups is 2. The fourth-order valence-corrected chi connectivity index (χ4v) is 2.20. The Morgan fingerprint density at radius 3 is 2.40 bits per heavy atom. The van der Waals surface area contributed by atoms with E-state index in [1.165, 1.54) is 17.7 Å². The van der Waals surface area contributed by atoms with E-state index in [4.69, 9.17) is 0 Å². The average Bonchev–Trinajstić information content (AvgIpc) is 2.47. The van der Waals surface area contributed by atoms with Crippen LogP contribution in [0.2, 0.25) is 0 Å². The van der Waals surface area contributed by atoms with Crippen LogP contribution in [0.3, 0.4) is 0 Å². The zero-order valence-corrected chi connectivity index (χ0v) is 11.3. The van der Waals surface area contributed by atoms with Crippen molar-refractivity contribution in [2.75, 3.05) is 0 Å². The molecule has 2 rings (SSSR count). The molecule has 0 aromatic heterocycles. The highest BCUT2D eigenvalue weighted by Gasteiger charge is 2.12. The van der Waals surface area contributed by atoms with Crippen LogP contribution in [0.25, 0.3) is 11.1 Å². The lowest BCUT2D eigenvalue weighted by Crippen LogP contribution is -2.00. The molecule has 0 aliphatic rings. The van der Waals surface area contributed by atoms with Gasteiger partial charge in [-0.25, -0.2) is 4.79 Å². The Morgan fingerprint density at radius 2 is 1.85 bits per heavy atom. The number of carboxylic acid groups (broad SMARTS) is 1. The number of hydrogen-bond donors (Lipinski definition) is 1. The predicted molar refractivity (Wildman–Crippen MR) is 78.2 cm³/mol. The van der Waals surface area contributed by atoms with E-state index in [0.717, 1.165) is 24.7 Å². The van der Waals surface area contributed by atoms with Gasteiger partial charge in [0.15, 0.2) is 0 Å². The van der Waals surface area contributed by atoms with Gasteiger partial charge in [0.1, 0.15) is 6.29 Å². The standard InChI is InChI=1S/C17H16O3/c1-2-3-12-4-7-14(8-5-12)16-10-13(11-18)6-9-15(16)17(19)20/h4-11H,2-3H2,1H3,(H,19,20). The summed E-state index contributed by atoms with van der Waals surface area (Å²) < 4.78 is 0. The van der Waals surface area contributed by atoms with Gasteiger partial charge in [0.05, 0.1) is 5.56 Å². The molecule has 102 valence electrons. The first-order valence-electron chi connectivity index (χ1n) is 6.57. The predicted octanol–water partition coefficient (Wildman–Crippen LogP) is 3.82. The van der Waals surface area contributed by atoms with Crippen molar-refractivity contribution in [2.24, 2.45) is 0 Å². The molecule has 1 N–H and O–H groups in total. The Bertz CT molecular complexity index is 627. The number of aromatic carboxylic acids is 1. The SMILES string of the molecule is CCCc1ccc(-c2cc(C=O)ccc2C(=O)O)cc1. The van der Waals surface area contributed by atoms with Crippen LogP contribution in [0, 0.1) is 0 Å². The molecule has 0 unspecified atom stereocenters. The average molecular weight is 268 g/mol. The monoisotopic (exact) mass is 268 g/mol. The summed E-state index contributed by atoms with van der Waals surface area (Å²) in [6, 6.07) is 12.4. The van der Waals surface area contributed by atoms with Crippen LogP contribution in [0.5, 0.6) is 0 Å². The smallest absolute Gasteiger partial charge is 0.336 e. The second kappa shape index (κ2) is 6.15. The van der Waals surface area contributed by atoms with E-state index in [-0.39, 0.29) is 5.56 Å². The van der Waals surface area contributed by atoms with Crippen molar-refractivity contribution in [2.45, 2.75) is 19.8 Å². The lowest BCUT2D eigenvalue weighted by atomic mass is 9.96. The molecule has 2 aromatic carbocycles. The van der Waals surface area contributed by atoms with Crippen molar-refractivity contribution in [3.63, 3.8) is 0 Å². The van der Waals surface area contributed by atoms with Crippen LogP contribution in [-0.2, 0) is 6.42 Å². The Balaban J connectivity index is 2.49. The van der Waals surface area contributed by atoms with Gasteiger partial charge >= 0.3 is 5.97 Å². The fraction of sp³-hybridized carbons (Fsp3) is 0.176. The van der Waals surface area contributed by atoms with Gasteiger partial charge in [-0.3, -0.25) is 4.79 Å². The molecule has 0 saturated carbocycles. The van der Waals surface area contributed by atoms with Gasteiger partial charge < -0.3 is 5.11 Å². The van der Waals surface area contributed by atoms with Crippen molar-refractivity contribution in [1.29, 1.82) is 0 Å². The Kier molecular flexibility index (Phi) is 4.31. The first-order chi connectivity index (χ1) is 9.65. The molecule has 0 atom stereocenters. The summed E-state index contributed by atoms with van der Waals surface area (Å²) in [6.45, 7) is 2.12. The third-order valence-corrected chi connectivity index (χ3v) is 3.21. The van der Waals surface area contributed by atoms with E-state index in [1.807, 2.05) is 24.3 Å². The van der Waals surface area contributed by atoms with E-state index in [2.05, 4.69) is 6.92 Å². The summed E-state index contributed by atoms with van der Waals surface area (Å²) >= 11 is 0. The van der Waals surface area contributed by atoms with Crippen LogP contribution in [0.1, 0.15) is 39.6 Å². The van der Waals surface area contributed by atoms with Gasteiger partial charge in [-0.15, -0.1) is 0 Å². The minimum Gasteiger partial charge on any atom is -0.478 e. The molecule has 0 heterocycles. The van der Waals surface area contributed by atoms with Crippen LogP contribution in [0.4, 0.5) is 0 Å². The van der Waals surface area contributed by atoms with E-state index in [0.29, 0.717) is 11.1 Å². The number of rotatable bonds is 5. The first kappa shape index (κ1) is 14.0. The largest absolute Gasteiger partial charge is 0.478 e. The summed E-state index contributed by atoms with van der Waals surface area (Å²) in [7, 11) is 0. The highest BCUT2D eigenvalue weighted by molar-refractivity contribution is 5.97. The summed E-state index contributed by atoms with van der Waals surface area (Å²) in [4.78, 5) is 22.1. The van der Waals surface area contributed by atoms with Crippen LogP contribution in [0.15, 0.2) is 42.5 Å². The van der Waals surface area contributed by atoms with Crippen LogP contribution < -0.4 is 0 Å². The summed E-state index contributed by atoms with van der Waals surface area (Å²) in [6.07, 6.45) is 2.79. The van der Waals surface area contributed by atoms with Crippen molar-refractivity contribution in [3.8, 4) is 11.1 Å². The maximum Gasteiger partial charge on any atom is 0.336 e. The molecule has 0 bridgehead atoms. The summed E-state index contributed by atoms with van der Waals surface area (Å²) in [5.74, 6) is -0.991. The highest BCUT2D eigenvalue weighted by atomic mass is 16.4. The molecule has 2 aromatic rings. The van der Waals surface area contributed by atoms with Crippen molar-refractivity contribution < 1.29 is 14.7 Å². The molecule has 20 heavy (non-hydrogen) atoms. The molecule has 3 nitrogen and oxygen atoms in total. The zero-order valence-electron chi connectivity index (χ0n) is 11.3. The molecular formula is C17H16O3. The number of hydrogen-bond acceptors (Lipinski definition) is 2. The maximum absolute atomic E-state index is 11.3. The number of aryl methyl sites for hydroxylation is 1. The topological polar surface area (TPSA) is 54.4 Å². The third kappa shape index (κ3) is 2.94. The Labute approximate surface area is 117 Å². The zero-order chi connectivity index (χ0) is 14.5. The normalized spacial score (nSPS) is 10.2. The molecule has 0 aliphatic heterocycles. The molecule has 0 radical (unpaired) electrons. The van der Waals surface area contributed by atoms with E-state index in [1.54, 1.807) is 6.07 Å². The molecule has 0 amide bonds. The molecular weight excluding hydrogens is 252 g/mol. The maximum atomic E-state index is 11.3. The lowest BCUT2D eigenvalue weighted by Gasteiger charge is -2.08. The molecule has 0 fully saturated rings.